The quantitative estimate of drug-likeness (QED) is 0.0978. The molecule has 0 spiro atoms. The molecule has 4 aliphatic carbocycles. The third-order valence-corrected chi connectivity index (χ3v) is 18.8. The number of hydrogen-bond acceptors (Lipinski definition) is 4. The monoisotopic (exact) mass is 2250 g/mol. The first-order valence-corrected chi connectivity index (χ1v) is 79.3. The number of nitrogens with one attached hydrogen (secondary N) is 2. The largest absolute Gasteiger partial charge is 1.00 e. The van der Waals surface area contributed by atoms with Gasteiger partial charge in [-0.25, -0.2) is 0 Å². The zero-order valence-electron chi connectivity index (χ0n) is 44.4. The predicted molar refractivity (Wildman–Crippen MR) is 381 cm³/mol. The first-order valence-electron chi connectivity index (χ1n) is 20.9. The third-order valence-electron chi connectivity index (χ3n) is 9.95. The Labute approximate surface area is 629 Å². The fraction of sp³-hybridized carbons (Fsp3) is 0.298. The van der Waals surface area contributed by atoms with Crippen LogP contribution in [0, 0.1) is 34.1 Å². The van der Waals surface area contributed by atoms with Crippen LogP contribution >= 0.6 is 234 Å². The van der Waals surface area contributed by atoms with Crippen molar-refractivity contribution in [3.63, 3.8) is 0 Å². The van der Waals surface area contributed by atoms with Crippen molar-refractivity contribution in [2.24, 2.45) is 11.8 Å². The minimum Gasteiger partial charge on any atom is 1.00 e. The smallest absolute Gasteiger partial charge is 1.00 e. The zero-order chi connectivity index (χ0) is 53.8. The second-order valence-electron chi connectivity index (χ2n) is 18.0. The van der Waals surface area contributed by atoms with Crippen molar-refractivity contribution in [1.82, 2.24) is 19.9 Å². The van der Waals surface area contributed by atoms with E-state index in [0.29, 0.717) is 0 Å². The maximum absolute atomic E-state index is 5.67. The van der Waals surface area contributed by atoms with Crippen LogP contribution in [0.25, 0.3) is 50.4 Å². The maximum atomic E-state index is 5.67. The van der Waals surface area contributed by atoms with Gasteiger partial charge >= 0.3 is 184 Å². The summed E-state index contributed by atoms with van der Waals surface area (Å²) in [7, 11) is 5.61. The van der Waals surface area contributed by atoms with Crippen molar-refractivity contribution in [1.29, 1.82) is 0 Å². The van der Waals surface area contributed by atoms with Crippen LogP contribution in [0.3, 0.4) is 0 Å². The summed E-state index contributed by atoms with van der Waals surface area (Å²) >= 11 is 52.1. The second-order valence-corrected chi connectivity index (χ2v) is 143. The van der Waals surface area contributed by atoms with Gasteiger partial charge in [-0.3, -0.25) is 9.97 Å². The van der Waals surface area contributed by atoms with Crippen molar-refractivity contribution in [2.75, 3.05) is 0 Å². The number of thiophene rings is 1. The Hall–Kier alpha value is 7.57. The third kappa shape index (κ3) is 34.2. The van der Waals surface area contributed by atoms with E-state index in [4.69, 9.17) is 29.7 Å². The number of aromatic nitrogens is 4. The number of nitrogens with zero attached hydrogens (tertiary/aromatic N) is 2. The molecule has 7 aliphatic rings. The van der Waals surface area contributed by atoms with Gasteiger partial charge in [-0.15, -0.1) is 23.1 Å². The Balaban J connectivity index is -0.000000412. The van der Waals surface area contributed by atoms with Gasteiger partial charge in [-0.05, 0) is 147 Å². The molecule has 6 heterocycles. The van der Waals surface area contributed by atoms with E-state index in [1.807, 2.05) is 47.9 Å². The molecule has 10 rings (SSSR count). The molecule has 4 atom stereocenters. The Morgan fingerprint density at radius 3 is 1.47 bits per heavy atom. The van der Waals surface area contributed by atoms with Crippen LogP contribution in [0.2, 0.25) is 39.3 Å². The first kappa shape index (κ1) is 91.0. The molecule has 30 heteroatoms. The normalized spacial score (nSPS) is 16.2. The summed E-state index contributed by atoms with van der Waals surface area (Å²) in [6.45, 7) is 18.3. The summed E-state index contributed by atoms with van der Waals surface area (Å²) in [5.41, 5.74) is 10.3. The fourth-order valence-corrected chi connectivity index (χ4v) is 16.9. The molecule has 0 aromatic carbocycles. The molecule has 4 nitrogen and oxygen atoms in total. The van der Waals surface area contributed by atoms with Gasteiger partial charge in [0, 0.05) is 106 Å². The van der Waals surface area contributed by atoms with E-state index in [9.17, 15) is 0 Å². The number of allylic oxidation sites excluding steroid dienone is 2. The van der Waals surface area contributed by atoms with Crippen LogP contribution in [-0.4, -0.2) is 40.6 Å². The number of rotatable bonds is 1. The minimum absolute atomic E-state index is 0. The van der Waals surface area contributed by atoms with Crippen LogP contribution in [0.5, 0.6) is 0 Å². The molecule has 0 bridgehead atoms. The molecule has 0 saturated heterocycles. The molecule has 3 aromatic heterocycles. The number of fused-ring (bicyclic) bond motifs is 8. The molecule has 3 aromatic rings. The van der Waals surface area contributed by atoms with Crippen molar-refractivity contribution < 1.29 is 97.3 Å². The van der Waals surface area contributed by atoms with E-state index in [1.54, 1.807) is 10.5 Å². The average Bonchev–Trinajstić information content (AvgIpc) is 4.06. The number of halogens is 17. The molecular formula is C47H56Br14Cl3Li2N4S2Si2TiZr2-2. The summed E-state index contributed by atoms with van der Waals surface area (Å²) in [6.07, 6.45) is 12.7. The van der Waals surface area contributed by atoms with Gasteiger partial charge in [0.25, 0.3) is 0 Å². The van der Waals surface area contributed by atoms with Crippen molar-refractivity contribution >= 4 is 277 Å². The summed E-state index contributed by atoms with van der Waals surface area (Å²) in [4.78, 5) is 16.9. The molecule has 1 saturated carbocycles. The number of H-pyrrole nitrogens is 2. The molecule has 77 heavy (non-hydrogen) atoms. The maximum Gasteiger partial charge on any atom is 1.00 e. The SMILES string of the molecule is Brc1c[nH]c2c3ncc(Br)cc3cc-2c1.Brc1c[nH]c2c3ncc(Br)cc3cc-2c1.CC1=Cc2c(Br)csc2C1[Si](C)(C)C.CC1CC2SC=C(Br)C2C1.C[Si](C)(C)Cl.[Br-].[Br][Zr]([Br])([Br])[Br].[Br][Zr]([Br])[Br].[CH3-].[CH3-].[CH3-].[Cl][Ti][Cl].[Li+].[Li+]. The van der Waals surface area contributed by atoms with Crippen molar-refractivity contribution in [3.05, 3.63) is 137 Å². The van der Waals surface area contributed by atoms with E-state index >= 15 is 0 Å². The Bertz CT molecular complexity index is 2670. The standard InChI is InChI=1S/2C11H6Br2N2.C11H15BrSSi.C8H11BrS.C3H9ClSi.3CH3.8BrH.2ClH.2Li.Ti.2Zr/c2*12-8-2-6-1-7-3-9(13)5-15-11(7)10(6)14-4-8;1-7-5-8-9(12)6-13-10(8)11(7)14(2,3)4;1-5-2-6-7(9)4-10-8(6)3-5;1-5(2,3)4;;;;;;;;;;;;;;;;;;/h2*1-5,14H;5-6,11H,1-4H3;4-6,8H,2-3H2,1H3;1-3H3;3*1H3;10*1H;;;;;/q;;;;;3*-1;;;;;;;;;;;2*+1;+2;+3;+4/p-10. The summed E-state index contributed by atoms with van der Waals surface area (Å²) in [5, 5.41) is 7.70. The number of aromatic amines is 2. The van der Waals surface area contributed by atoms with Gasteiger partial charge in [-0.2, -0.15) is 11.1 Å². The van der Waals surface area contributed by atoms with Crippen molar-refractivity contribution in [2.45, 2.75) is 76.8 Å². The summed E-state index contributed by atoms with van der Waals surface area (Å²) < 4.78 is 6.83. The van der Waals surface area contributed by atoms with Gasteiger partial charge in [0.15, 0.2) is 0 Å². The zero-order valence-corrected chi connectivity index (χ0v) is 78.9. The molecule has 2 N–H and O–H groups in total. The molecule has 0 amide bonds. The summed E-state index contributed by atoms with van der Waals surface area (Å²) in [5.74, 6) is 1.81. The average molecular weight is 2270 g/mol. The Morgan fingerprint density at radius 1 is 0.714 bits per heavy atom. The predicted octanol–water partition coefficient (Wildman–Crippen LogP) is 18.4. The topological polar surface area (TPSA) is 57.4 Å². The van der Waals surface area contributed by atoms with Gasteiger partial charge in [0.1, 0.15) is 7.38 Å². The Morgan fingerprint density at radius 2 is 1.10 bits per heavy atom. The van der Waals surface area contributed by atoms with E-state index in [-0.39, 0.29) is 77.0 Å². The Kier molecular flexibility index (Phi) is 52.2. The fourth-order valence-electron chi connectivity index (χ4n) is 7.73. The van der Waals surface area contributed by atoms with Crippen LogP contribution in [0.15, 0.2) is 104 Å². The van der Waals surface area contributed by atoms with E-state index in [0.717, 1.165) is 73.7 Å². The van der Waals surface area contributed by atoms with Crippen molar-refractivity contribution in [3.8, 4) is 22.5 Å². The van der Waals surface area contributed by atoms with Crippen LogP contribution in [0.1, 0.15) is 42.7 Å². The van der Waals surface area contributed by atoms with Gasteiger partial charge in [0.05, 0.1) is 30.5 Å². The number of hydrogen-bond donors (Lipinski definition) is 2. The van der Waals surface area contributed by atoms with Gasteiger partial charge in [-0.1, -0.05) is 73.8 Å². The van der Waals surface area contributed by atoms with E-state index in [2.05, 4.69) is 307 Å². The van der Waals surface area contributed by atoms with Crippen LogP contribution in [-0.2, 0) is 42.6 Å². The first-order chi connectivity index (χ1) is 32.8. The number of pyridine rings is 4. The van der Waals surface area contributed by atoms with Gasteiger partial charge < -0.3 is 49.2 Å². The number of thioether (sulfide) groups is 1. The van der Waals surface area contributed by atoms with Gasteiger partial charge in [0.2, 0.25) is 0 Å². The molecule has 0 radical (unpaired) electrons. The minimum atomic E-state index is -1.93. The molecular weight excluding hydrogens is 2210 g/mol. The van der Waals surface area contributed by atoms with Crippen LogP contribution in [0.4, 0.5) is 0 Å². The van der Waals surface area contributed by atoms with Crippen LogP contribution < -0.4 is 54.7 Å². The molecule has 3 aliphatic heterocycles. The summed E-state index contributed by atoms with van der Waals surface area (Å²) in [6, 6.07) is 12.6. The van der Waals surface area contributed by atoms with E-state index < -0.39 is 58.1 Å². The molecule has 1 fully saturated rings. The molecule has 419 valence electrons. The second kappa shape index (κ2) is 44.2. The molecule has 4 unspecified atom stereocenters. The van der Waals surface area contributed by atoms with E-state index in [1.165, 1.54) is 38.5 Å².